The third kappa shape index (κ3) is 14.4. The smallest absolute Gasteiger partial charge is 0.393 e. The number of ether oxygens (including phenoxy) is 3. The molecule has 4 heterocycles. The van der Waals surface area contributed by atoms with Crippen molar-refractivity contribution < 1.29 is 100 Å². The van der Waals surface area contributed by atoms with E-state index < -0.39 is 96.3 Å². The monoisotopic (exact) mass is 1240 g/mol. The molecule has 6 aliphatic rings. The fourth-order valence-electron chi connectivity index (χ4n) is 14.5. The maximum atomic E-state index is 13.6. The summed E-state index contributed by atoms with van der Waals surface area (Å²) in [7, 11) is -16.5. The zero-order valence-electron chi connectivity index (χ0n) is 47.0. The number of aliphatic hydroxyl groups is 4. The maximum Gasteiger partial charge on any atom is 0.481 e. The van der Waals surface area contributed by atoms with Crippen molar-refractivity contribution in [1.29, 1.82) is 0 Å². The van der Waals surface area contributed by atoms with Gasteiger partial charge in [-0.05, 0) is 111 Å². The molecule has 0 radical (unpaired) electrons. The third-order valence-electron chi connectivity index (χ3n) is 18.9. The second kappa shape index (κ2) is 25.6. The number of phosphoric ester groups is 3. The molecule has 2 aromatic rings. The Kier molecular flexibility index (Phi) is 20.4. The number of amides is 2. The summed E-state index contributed by atoms with van der Waals surface area (Å²) < 4.78 is 75.4. The fourth-order valence-corrected chi connectivity index (χ4v) is 18.1. The van der Waals surface area contributed by atoms with E-state index in [1.807, 2.05) is 6.92 Å². The molecule has 4 saturated carbocycles. The molecule has 2 aromatic heterocycles. The largest absolute Gasteiger partial charge is 0.481 e. The van der Waals surface area contributed by atoms with Gasteiger partial charge in [-0.15, -0.1) is 0 Å². The first-order valence-electron chi connectivity index (χ1n) is 28.0. The molecule has 0 spiro atoms. The predicted molar refractivity (Wildman–Crippen MR) is 292 cm³/mol. The Hall–Kier alpha value is -2.60. The van der Waals surface area contributed by atoms with Gasteiger partial charge in [-0.1, -0.05) is 46.4 Å². The molecule has 0 aromatic carbocycles. The lowest BCUT2D eigenvalue weighted by molar-refractivity contribution is -0.197. The SMILES string of the molecule is CC(C(=O)SCCNC(=O)CCNC(=O)[C@H](O)C(C)(C)COP(=O)(O)OP(=O)(O)OC[C@H]1O[C@@H](n2cnc3c(N)ncnc32)[C@H](O)[C@@H]1OP(=O)(O)O)C1(CC[C@@H](C)[C@H]2CC[C@H]3[C@@H]4[C@H](O)C[C@@H]5C[C@H](O)CC[C@]5(C)[C@H]4CC[C@]23C)OCCO1. The number of carbonyl (C=O) groups excluding carboxylic acids is 3. The van der Waals surface area contributed by atoms with Crippen LogP contribution in [0.3, 0.4) is 0 Å². The van der Waals surface area contributed by atoms with Gasteiger partial charge in [0.1, 0.15) is 36.3 Å². The molecule has 0 bridgehead atoms. The van der Waals surface area contributed by atoms with Crippen molar-refractivity contribution in [3.05, 3.63) is 12.7 Å². The molecule has 82 heavy (non-hydrogen) atoms. The topological polar surface area (TPSA) is 423 Å². The van der Waals surface area contributed by atoms with Gasteiger partial charge in [0.15, 0.2) is 28.6 Å². The minimum atomic E-state index is -5.61. The highest BCUT2D eigenvalue weighted by Gasteiger charge is 2.63. The molecular formula is C50H82N7O21P3S. The molecule has 4 aliphatic carbocycles. The van der Waals surface area contributed by atoms with Gasteiger partial charge in [-0.25, -0.2) is 28.6 Å². The van der Waals surface area contributed by atoms with Crippen LogP contribution in [-0.4, -0.2) is 164 Å². The van der Waals surface area contributed by atoms with Crippen LogP contribution < -0.4 is 16.4 Å². The molecule has 464 valence electrons. The summed E-state index contributed by atoms with van der Waals surface area (Å²) in [5.41, 5.74) is 4.51. The number of nitrogens with two attached hydrogens (primary N) is 1. The Morgan fingerprint density at radius 2 is 1.60 bits per heavy atom. The van der Waals surface area contributed by atoms with E-state index in [1.165, 1.54) is 13.8 Å². The first-order chi connectivity index (χ1) is 38.3. The van der Waals surface area contributed by atoms with Crippen molar-refractivity contribution in [2.75, 3.05) is 51.0 Å². The number of hydrogen-bond donors (Lipinski definition) is 11. The molecule has 6 fully saturated rings. The summed E-state index contributed by atoms with van der Waals surface area (Å²) in [5.74, 6) is -0.567. The first-order valence-corrected chi connectivity index (χ1v) is 33.5. The van der Waals surface area contributed by atoms with Gasteiger partial charge in [-0.2, -0.15) is 4.31 Å². The minimum absolute atomic E-state index is 0.0251. The molecular weight excluding hydrogens is 1160 g/mol. The molecule has 2 amide bonds. The van der Waals surface area contributed by atoms with Crippen LogP contribution in [-0.2, 0) is 60.2 Å². The van der Waals surface area contributed by atoms with Crippen LogP contribution in [0.25, 0.3) is 11.2 Å². The number of aromatic nitrogens is 4. The Morgan fingerprint density at radius 1 is 0.915 bits per heavy atom. The van der Waals surface area contributed by atoms with Gasteiger partial charge < -0.3 is 70.6 Å². The van der Waals surface area contributed by atoms with E-state index in [1.54, 1.807) is 0 Å². The molecule has 8 rings (SSSR count). The van der Waals surface area contributed by atoms with Crippen molar-refractivity contribution in [2.24, 2.45) is 57.7 Å². The number of anilines is 1. The molecule has 12 N–H and O–H groups in total. The van der Waals surface area contributed by atoms with E-state index >= 15 is 0 Å². The van der Waals surface area contributed by atoms with Crippen LogP contribution in [0.15, 0.2) is 12.7 Å². The van der Waals surface area contributed by atoms with Crippen molar-refractivity contribution in [2.45, 2.75) is 161 Å². The van der Waals surface area contributed by atoms with Gasteiger partial charge in [0.05, 0.1) is 50.9 Å². The molecule has 18 atom stereocenters. The molecule has 2 aliphatic heterocycles. The highest BCUT2D eigenvalue weighted by atomic mass is 32.2. The lowest BCUT2D eigenvalue weighted by Crippen LogP contribution is -2.58. The quantitative estimate of drug-likeness (QED) is 0.0501. The van der Waals surface area contributed by atoms with E-state index in [-0.39, 0.29) is 76.3 Å². The summed E-state index contributed by atoms with van der Waals surface area (Å²) >= 11 is 1.06. The van der Waals surface area contributed by atoms with Crippen molar-refractivity contribution in [1.82, 2.24) is 30.2 Å². The third-order valence-corrected chi connectivity index (χ3v) is 23.0. The number of fused-ring (bicyclic) bond motifs is 6. The summed E-state index contributed by atoms with van der Waals surface area (Å²) in [4.78, 5) is 90.8. The summed E-state index contributed by atoms with van der Waals surface area (Å²) in [6, 6.07) is 0. The summed E-state index contributed by atoms with van der Waals surface area (Å²) in [5, 5.41) is 49.0. The van der Waals surface area contributed by atoms with E-state index in [9.17, 15) is 68.1 Å². The number of hydrogen-bond acceptors (Lipinski definition) is 22. The van der Waals surface area contributed by atoms with Crippen LogP contribution in [0.1, 0.15) is 118 Å². The molecule has 2 saturated heterocycles. The second-order valence-corrected chi connectivity index (χ2v) is 29.8. The number of nitrogen functional groups attached to an aromatic ring is 1. The highest BCUT2D eigenvalue weighted by molar-refractivity contribution is 8.13. The second-order valence-electron chi connectivity index (χ2n) is 24.4. The van der Waals surface area contributed by atoms with Crippen LogP contribution in [0.2, 0.25) is 0 Å². The number of rotatable bonds is 25. The first kappa shape index (κ1) is 65.4. The van der Waals surface area contributed by atoms with Gasteiger partial charge in [0.25, 0.3) is 0 Å². The van der Waals surface area contributed by atoms with Gasteiger partial charge in [-0.3, -0.25) is 32.5 Å². The normalized spacial score (nSPS) is 34.4. The Balaban J connectivity index is 0.729. The van der Waals surface area contributed by atoms with Crippen LogP contribution in [0.4, 0.5) is 5.82 Å². The van der Waals surface area contributed by atoms with E-state index in [2.05, 4.69) is 55.2 Å². The molecule has 3 unspecified atom stereocenters. The lowest BCUT2D eigenvalue weighted by atomic mass is 9.43. The number of aliphatic hydroxyl groups excluding tert-OH is 4. The average molecular weight is 1240 g/mol. The minimum Gasteiger partial charge on any atom is -0.393 e. The zero-order chi connectivity index (χ0) is 60.0. The Morgan fingerprint density at radius 3 is 2.30 bits per heavy atom. The number of phosphoric acid groups is 3. The zero-order valence-corrected chi connectivity index (χ0v) is 50.5. The van der Waals surface area contributed by atoms with Crippen LogP contribution in [0, 0.1) is 57.7 Å². The number of carbonyl (C=O) groups is 3. The Labute approximate surface area is 479 Å². The van der Waals surface area contributed by atoms with E-state index in [0.717, 1.165) is 86.8 Å². The van der Waals surface area contributed by atoms with Gasteiger partial charge >= 0.3 is 23.5 Å². The van der Waals surface area contributed by atoms with Crippen molar-refractivity contribution in [3.63, 3.8) is 0 Å². The average Bonchev–Trinajstić information content (AvgIpc) is 1.99. The standard InChI is InChI=1S/C50H82N7O21P3S/c1-27(31-7-8-32-37-33(11-14-49(31,32)6)48(5)13-10-30(58)21-29(48)22-34(37)59)9-15-50(72-18-19-73-50)28(2)46(64)82-20-17-52-36(60)12-16-53-44(63)41(62)47(3,4)24-75-81(70,71)78-80(68,69)74-23-35-40(77-79(65,66)67)39(61)45(76-35)57-26-56-38-42(51)54-25-55-43(38)57/h25-35,37,39-41,45,58-59,61-62H,7-24H2,1-6H3,(H,52,60)(H,53,63)(H,68,69)(H,70,71)(H2,51,54,55)(H2,65,66,67)/t27-,28?,29+,30-,31-,32+,33+,34-,35-,37+,39-,40-,41+,45-,48+,49-/m1/s1. The molecule has 32 heteroatoms. The van der Waals surface area contributed by atoms with E-state index in [0.29, 0.717) is 49.2 Å². The van der Waals surface area contributed by atoms with Crippen LogP contribution >= 0.6 is 35.2 Å². The van der Waals surface area contributed by atoms with Crippen LogP contribution in [0.5, 0.6) is 0 Å². The molecule has 28 nitrogen and oxygen atoms in total. The number of nitrogens with zero attached hydrogens (tertiary/aromatic N) is 4. The van der Waals surface area contributed by atoms with Gasteiger partial charge in [0, 0.05) is 37.1 Å². The fraction of sp³-hybridized carbons (Fsp3) is 0.840. The number of imidazole rings is 1. The van der Waals surface area contributed by atoms with Gasteiger partial charge in [0.2, 0.25) is 11.8 Å². The highest BCUT2D eigenvalue weighted by Crippen LogP contribution is 2.69. The maximum absolute atomic E-state index is 13.6. The summed E-state index contributed by atoms with van der Waals surface area (Å²) in [6.07, 6.45) is 1.56. The van der Waals surface area contributed by atoms with Crippen molar-refractivity contribution >= 4 is 69.1 Å². The van der Waals surface area contributed by atoms with E-state index in [4.69, 9.17) is 29.0 Å². The summed E-state index contributed by atoms with van der Waals surface area (Å²) in [6.45, 7) is 10.1. The Bertz CT molecular complexity index is 2760. The number of thioether (sulfide) groups is 1. The van der Waals surface area contributed by atoms with Crippen molar-refractivity contribution in [3.8, 4) is 0 Å². The predicted octanol–water partition coefficient (Wildman–Crippen LogP) is 3.45. The number of nitrogens with one attached hydrogen (secondary N) is 2. The lowest BCUT2D eigenvalue weighted by Gasteiger charge is -2.62.